The summed E-state index contributed by atoms with van der Waals surface area (Å²) in [6.07, 6.45) is 2.30. The third-order valence-corrected chi connectivity index (χ3v) is 4.09. The molecule has 0 saturated carbocycles. The monoisotopic (exact) mass is 347 g/mol. The van der Waals surface area contributed by atoms with Crippen LogP contribution in [0.2, 0.25) is 0 Å². The molecule has 0 radical (unpaired) electrons. The number of halogens is 1. The third-order valence-electron chi connectivity index (χ3n) is 3.35. The number of hydrogen-bond donors (Lipinski definition) is 1. The Hall–Kier alpha value is -1.32. The van der Waals surface area contributed by atoms with Gasteiger partial charge in [-0.15, -0.1) is 0 Å². The largest absolute Gasteiger partial charge is 0.489 e. The van der Waals surface area contributed by atoms with Crippen LogP contribution in [0, 0.1) is 0 Å². The molecular formula is C18H22BrNO. The van der Waals surface area contributed by atoms with E-state index in [2.05, 4.69) is 58.5 Å². The second-order valence-corrected chi connectivity index (χ2v) is 5.99. The summed E-state index contributed by atoms with van der Waals surface area (Å²) in [6, 6.07) is 14.8. The average molecular weight is 348 g/mol. The van der Waals surface area contributed by atoms with E-state index in [0.29, 0.717) is 6.61 Å². The SMILES string of the molecule is CCCc1ccc(OCc2ccc(CNC)cc2Br)cc1. The summed E-state index contributed by atoms with van der Waals surface area (Å²) >= 11 is 3.62. The first-order chi connectivity index (χ1) is 10.2. The smallest absolute Gasteiger partial charge is 0.119 e. The fraction of sp³-hybridized carbons (Fsp3) is 0.333. The maximum absolute atomic E-state index is 5.86. The van der Waals surface area contributed by atoms with E-state index in [9.17, 15) is 0 Å². The Kier molecular flexibility index (Phi) is 6.27. The molecule has 0 fully saturated rings. The van der Waals surface area contributed by atoms with Crippen molar-refractivity contribution in [2.75, 3.05) is 7.05 Å². The van der Waals surface area contributed by atoms with E-state index in [4.69, 9.17) is 4.74 Å². The minimum absolute atomic E-state index is 0.577. The zero-order valence-corrected chi connectivity index (χ0v) is 14.2. The van der Waals surface area contributed by atoms with Crippen LogP contribution in [0.4, 0.5) is 0 Å². The van der Waals surface area contributed by atoms with Crippen LogP contribution < -0.4 is 10.1 Å². The van der Waals surface area contributed by atoms with Gasteiger partial charge in [0.25, 0.3) is 0 Å². The molecule has 112 valence electrons. The van der Waals surface area contributed by atoms with Crippen LogP contribution in [0.15, 0.2) is 46.9 Å². The van der Waals surface area contributed by atoms with E-state index in [1.807, 2.05) is 19.2 Å². The molecule has 0 amide bonds. The number of nitrogens with one attached hydrogen (secondary N) is 1. The standard InChI is InChI=1S/C18H22BrNO/c1-3-4-14-6-9-17(10-7-14)21-13-16-8-5-15(12-20-2)11-18(16)19/h5-11,20H,3-4,12-13H2,1-2H3. The normalized spacial score (nSPS) is 10.6. The van der Waals surface area contributed by atoms with Crippen LogP contribution in [0.25, 0.3) is 0 Å². The van der Waals surface area contributed by atoms with Crippen LogP contribution in [0.1, 0.15) is 30.0 Å². The Bertz CT molecular complexity index is 566. The molecule has 0 spiro atoms. The lowest BCUT2D eigenvalue weighted by Gasteiger charge is -2.10. The van der Waals surface area contributed by atoms with Crippen molar-refractivity contribution in [1.82, 2.24) is 5.32 Å². The van der Waals surface area contributed by atoms with Crippen molar-refractivity contribution in [2.24, 2.45) is 0 Å². The molecule has 2 nitrogen and oxygen atoms in total. The van der Waals surface area contributed by atoms with Crippen molar-refractivity contribution in [3.05, 3.63) is 63.6 Å². The Labute approximate surface area is 135 Å². The van der Waals surface area contributed by atoms with Crippen LogP contribution in [-0.4, -0.2) is 7.05 Å². The maximum atomic E-state index is 5.86. The lowest BCUT2D eigenvalue weighted by atomic mass is 10.1. The first-order valence-electron chi connectivity index (χ1n) is 7.36. The summed E-state index contributed by atoms with van der Waals surface area (Å²) < 4.78 is 6.96. The van der Waals surface area contributed by atoms with Crippen molar-refractivity contribution in [3.8, 4) is 5.75 Å². The van der Waals surface area contributed by atoms with E-state index in [1.165, 1.54) is 17.5 Å². The number of hydrogen-bond acceptors (Lipinski definition) is 2. The van der Waals surface area contributed by atoms with E-state index in [0.717, 1.165) is 28.8 Å². The zero-order chi connectivity index (χ0) is 15.1. The maximum Gasteiger partial charge on any atom is 0.119 e. The van der Waals surface area contributed by atoms with Gasteiger partial charge in [-0.05, 0) is 42.8 Å². The van der Waals surface area contributed by atoms with E-state index in [-0.39, 0.29) is 0 Å². The highest BCUT2D eigenvalue weighted by Crippen LogP contribution is 2.21. The van der Waals surface area contributed by atoms with Crippen LogP contribution >= 0.6 is 15.9 Å². The van der Waals surface area contributed by atoms with Crippen LogP contribution in [0.5, 0.6) is 5.75 Å². The van der Waals surface area contributed by atoms with Gasteiger partial charge in [-0.1, -0.05) is 53.5 Å². The molecule has 0 aliphatic rings. The highest BCUT2D eigenvalue weighted by atomic mass is 79.9. The lowest BCUT2D eigenvalue weighted by Crippen LogP contribution is -2.05. The Morgan fingerprint density at radius 1 is 1.05 bits per heavy atom. The molecule has 0 unspecified atom stereocenters. The Morgan fingerprint density at radius 2 is 1.76 bits per heavy atom. The number of rotatable bonds is 7. The van der Waals surface area contributed by atoms with E-state index < -0.39 is 0 Å². The molecule has 0 heterocycles. The van der Waals surface area contributed by atoms with Gasteiger partial charge in [0.2, 0.25) is 0 Å². The van der Waals surface area contributed by atoms with Crippen molar-refractivity contribution >= 4 is 15.9 Å². The number of aryl methyl sites for hydroxylation is 1. The highest BCUT2D eigenvalue weighted by Gasteiger charge is 2.03. The second kappa shape index (κ2) is 8.20. The molecule has 2 rings (SSSR count). The molecule has 21 heavy (non-hydrogen) atoms. The summed E-state index contributed by atoms with van der Waals surface area (Å²) in [7, 11) is 1.95. The van der Waals surface area contributed by atoms with Gasteiger partial charge in [-0.3, -0.25) is 0 Å². The van der Waals surface area contributed by atoms with Crippen molar-refractivity contribution in [2.45, 2.75) is 32.9 Å². The summed E-state index contributed by atoms with van der Waals surface area (Å²) in [4.78, 5) is 0. The summed E-state index contributed by atoms with van der Waals surface area (Å²) in [5.41, 5.74) is 3.78. The van der Waals surface area contributed by atoms with Gasteiger partial charge in [0.15, 0.2) is 0 Å². The topological polar surface area (TPSA) is 21.3 Å². The molecular weight excluding hydrogens is 326 g/mol. The predicted molar refractivity (Wildman–Crippen MR) is 91.7 cm³/mol. The third kappa shape index (κ3) is 4.87. The minimum atomic E-state index is 0.577. The van der Waals surface area contributed by atoms with Gasteiger partial charge >= 0.3 is 0 Å². The highest BCUT2D eigenvalue weighted by molar-refractivity contribution is 9.10. The van der Waals surface area contributed by atoms with Gasteiger partial charge in [-0.25, -0.2) is 0 Å². The molecule has 2 aromatic carbocycles. The van der Waals surface area contributed by atoms with Gasteiger partial charge in [0.05, 0.1) is 0 Å². The van der Waals surface area contributed by atoms with Gasteiger partial charge in [0.1, 0.15) is 12.4 Å². The van der Waals surface area contributed by atoms with Crippen LogP contribution in [-0.2, 0) is 19.6 Å². The zero-order valence-electron chi connectivity index (χ0n) is 12.7. The Morgan fingerprint density at radius 3 is 2.38 bits per heavy atom. The minimum Gasteiger partial charge on any atom is -0.489 e. The molecule has 0 aliphatic carbocycles. The lowest BCUT2D eigenvalue weighted by molar-refractivity contribution is 0.305. The van der Waals surface area contributed by atoms with Gasteiger partial charge in [0, 0.05) is 16.6 Å². The molecule has 0 bridgehead atoms. The molecule has 0 saturated heterocycles. The molecule has 0 aromatic heterocycles. The molecule has 0 atom stereocenters. The first-order valence-corrected chi connectivity index (χ1v) is 8.16. The average Bonchev–Trinajstić information content (AvgIpc) is 2.49. The van der Waals surface area contributed by atoms with Crippen molar-refractivity contribution < 1.29 is 4.74 Å². The van der Waals surface area contributed by atoms with Crippen LogP contribution in [0.3, 0.4) is 0 Å². The predicted octanol–water partition coefficient (Wildman–Crippen LogP) is 4.70. The second-order valence-electron chi connectivity index (χ2n) is 5.14. The molecule has 1 N–H and O–H groups in total. The molecule has 0 aliphatic heterocycles. The first kappa shape index (κ1) is 16.1. The van der Waals surface area contributed by atoms with Crippen molar-refractivity contribution in [1.29, 1.82) is 0 Å². The van der Waals surface area contributed by atoms with Crippen molar-refractivity contribution in [3.63, 3.8) is 0 Å². The fourth-order valence-electron chi connectivity index (χ4n) is 2.22. The molecule has 3 heteroatoms. The van der Waals surface area contributed by atoms with E-state index >= 15 is 0 Å². The summed E-state index contributed by atoms with van der Waals surface area (Å²) in [5.74, 6) is 0.918. The summed E-state index contributed by atoms with van der Waals surface area (Å²) in [5, 5.41) is 3.15. The summed E-state index contributed by atoms with van der Waals surface area (Å²) in [6.45, 7) is 3.64. The number of benzene rings is 2. The van der Waals surface area contributed by atoms with Gasteiger partial charge < -0.3 is 10.1 Å². The number of ether oxygens (including phenoxy) is 1. The van der Waals surface area contributed by atoms with Gasteiger partial charge in [-0.2, -0.15) is 0 Å². The van der Waals surface area contributed by atoms with E-state index in [1.54, 1.807) is 0 Å². The quantitative estimate of drug-likeness (QED) is 0.783. The fourth-order valence-corrected chi connectivity index (χ4v) is 2.76. The molecule has 2 aromatic rings. The Balaban J connectivity index is 1.96.